The Hall–Kier alpha value is -1.87. The molecule has 0 radical (unpaired) electrons. The lowest BCUT2D eigenvalue weighted by atomic mass is 10.3. The number of thiophene rings is 1. The molecule has 17 heavy (non-hydrogen) atoms. The molecular formula is C14H13NOS. The van der Waals surface area contributed by atoms with E-state index < -0.39 is 0 Å². The number of amides is 1. The van der Waals surface area contributed by atoms with Crippen molar-refractivity contribution in [2.45, 2.75) is 6.92 Å². The summed E-state index contributed by atoms with van der Waals surface area (Å²) in [5.74, 6) is -0.109. The second-order valence-electron chi connectivity index (χ2n) is 3.64. The molecule has 1 aromatic heterocycles. The van der Waals surface area contributed by atoms with Gasteiger partial charge in [-0.3, -0.25) is 4.79 Å². The van der Waals surface area contributed by atoms with Gasteiger partial charge >= 0.3 is 0 Å². The fourth-order valence-corrected chi connectivity index (χ4v) is 2.19. The van der Waals surface area contributed by atoms with Crippen molar-refractivity contribution in [3.8, 4) is 0 Å². The van der Waals surface area contributed by atoms with Gasteiger partial charge in [-0.25, -0.2) is 0 Å². The Bertz CT molecular complexity index is 528. The van der Waals surface area contributed by atoms with E-state index in [2.05, 4.69) is 5.32 Å². The molecule has 0 saturated heterocycles. The number of para-hydroxylation sites is 1. The third-order valence-corrected chi connectivity index (χ3v) is 3.17. The van der Waals surface area contributed by atoms with E-state index in [0.29, 0.717) is 0 Å². The first kappa shape index (κ1) is 11.6. The normalized spacial score (nSPS) is 10.6. The molecule has 0 saturated carbocycles. The zero-order valence-corrected chi connectivity index (χ0v) is 10.3. The Morgan fingerprint density at radius 2 is 1.94 bits per heavy atom. The zero-order valence-electron chi connectivity index (χ0n) is 9.51. The average molecular weight is 243 g/mol. The molecule has 2 rings (SSSR count). The van der Waals surface area contributed by atoms with Crippen LogP contribution in [0.25, 0.3) is 6.08 Å². The summed E-state index contributed by atoms with van der Waals surface area (Å²) < 4.78 is 0. The minimum absolute atomic E-state index is 0.109. The van der Waals surface area contributed by atoms with Crippen LogP contribution in [-0.4, -0.2) is 5.91 Å². The number of benzene rings is 1. The summed E-state index contributed by atoms with van der Waals surface area (Å²) >= 11 is 1.67. The van der Waals surface area contributed by atoms with E-state index in [-0.39, 0.29) is 5.91 Å². The molecule has 0 bridgehead atoms. The monoisotopic (exact) mass is 243 g/mol. The molecule has 2 nitrogen and oxygen atoms in total. The van der Waals surface area contributed by atoms with Gasteiger partial charge in [-0.2, -0.15) is 0 Å². The van der Waals surface area contributed by atoms with Gasteiger partial charge in [0.1, 0.15) is 0 Å². The SMILES string of the molecule is Cc1ccc(/C=C/C(=O)Nc2ccccc2)s1. The maximum absolute atomic E-state index is 11.6. The van der Waals surface area contributed by atoms with Crippen molar-refractivity contribution in [3.05, 3.63) is 58.3 Å². The lowest BCUT2D eigenvalue weighted by molar-refractivity contribution is -0.111. The highest BCUT2D eigenvalue weighted by molar-refractivity contribution is 7.12. The van der Waals surface area contributed by atoms with E-state index >= 15 is 0 Å². The largest absolute Gasteiger partial charge is 0.323 e. The molecule has 0 aliphatic carbocycles. The Kier molecular flexibility index (Phi) is 3.73. The number of nitrogens with one attached hydrogen (secondary N) is 1. The summed E-state index contributed by atoms with van der Waals surface area (Å²) in [4.78, 5) is 13.9. The molecule has 0 atom stereocenters. The predicted octanol–water partition coefficient (Wildman–Crippen LogP) is 3.71. The third kappa shape index (κ3) is 3.57. The molecule has 1 heterocycles. The highest BCUT2D eigenvalue weighted by Gasteiger charge is 1.97. The Morgan fingerprint density at radius 1 is 1.18 bits per heavy atom. The number of anilines is 1. The molecule has 1 amide bonds. The predicted molar refractivity (Wildman–Crippen MR) is 73.2 cm³/mol. The van der Waals surface area contributed by atoms with Crippen LogP contribution in [0, 0.1) is 6.92 Å². The van der Waals surface area contributed by atoms with Gasteiger partial charge in [0.15, 0.2) is 0 Å². The topological polar surface area (TPSA) is 29.1 Å². The van der Waals surface area contributed by atoms with Crippen molar-refractivity contribution >= 4 is 29.0 Å². The van der Waals surface area contributed by atoms with E-state index in [4.69, 9.17) is 0 Å². The van der Waals surface area contributed by atoms with Crippen molar-refractivity contribution in [2.75, 3.05) is 5.32 Å². The lowest BCUT2D eigenvalue weighted by Crippen LogP contribution is -2.07. The molecular weight excluding hydrogens is 230 g/mol. The minimum atomic E-state index is -0.109. The van der Waals surface area contributed by atoms with Crippen LogP contribution < -0.4 is 5.32 Å². The van der Waals surface area contributed by atoms with Crippen LogP contribution in [0.5, 0.6) is 0 Å². The second kappa shape index (κ2) is 5.46. The molecule has 0 spiro atoms. The van der Waals surface area contributed by atoms with Crippen LogP contribution in [0.2, 0.25) is 0 Å². The number of carbonyl (C=O) groups is 1. The molecule has 0 aliphatic heterocycles. The van der Waals surface area contributed by atoms with E-state index in [9.17, 15) is 4.79 Å². The van der Waals surface area contributed by atoms with E-state index in [0.717, 1.165) is 10.6 Å². The van der Waals surface area contributed by atoms with Gasteiger partial charge in [0.05, 0.1) is 0 Å². The molecule has 0 fully saturated rings. The smallest absolute Gasteiger partial charge is 0.248 e. The molecule has 1 N–H and O–H groups in total. The summed E-state index contributed by atoms with van der Waals surface area (Å²) in [6.45, 7) is 2.05. The van der Waals surface area contributed by atoms with Gasteiger partial charge in [-0.1, -0.05) is 18.2 Å². The van der Waals surface area contributed by atoms with Crippen LogP contribution in [0.1, 0.15) is 9.75 Å². The van der Waals surface area contributed by atoms with Gasteiger partial charge < -0.3 is 5.32 Å². The quantitative estimate of drug-likeness (QED) is 0.818. The molecule has 1 aromatic carbocycles. The first-order chi connectivity index (χ1) is 8.24. The van der Waals surface area contributed by atoms with Crippen molar-refractivity contribution in [3.63, 3.8) is 0 Å². The van der Waals surface area contributed by atoms with Crippen molar-refractivity contribution in [1.29, 1.82) is 0 Å². The lowest BCUT2D eigenvalue weighted by Gasteiger charge is -1.99. The zero-order chi connectivity index (χ0) is 12.1. The van der Waals surface area contributed by atoms with E-state index in [1.54, 1.807) is 17.4 Å². The Balaban J connectivity index is 1.96. The van der Waals surface area contributed by atoms with Crippen LogP contribution in [0.15, 0.2) is 48.5 Å². The Labute approximate surface area is 105 Å². The van der Waals surface area contributed by atoms with Gasteiger partial charge in [-0.05, 0) is 37.3 Å². The average Bonchev–Trinajstić information content (AvgIpc) is 2.74. The maximum Gasteiger partial charge on any atom is 0.248 e. The van der Waals surface area contributed by atoms with Gasteiger partial charge in [-0.15, -0.1) is 11.3 Å². The van der Waals surface area contributed by atoms with Crippen LogP contribution >= 0.6 is 11.3 Å². The molecule has 3 heteroatoms. The van der Waals surface area contributed by atoms with Gasteiger partial charge in [0, 0.05) is 21.5 Å². The van der Waals surface area contributed by atoms with Crippen LogP contribution in [0.3, 0.4) is 0 Å². The molecule has 0 unspecified atom stereocenters. The summed E-state index contributed by atoms with van der Waals surface area (Å²) in [6.07, 6.45) is 3.38. The van der Waals surface area contributed by atoms with Crippen LogP contribution in [-0.2, 0) is 4.79 Å². The van der Waals surface area contributed by atoms with E-state index in [1.807, 2.05) is 55.5 Å². The first-order valence-corrected chi connectivity index (χ1v) is 6.16. The molecule has 0 aliphatic rings. The fourth-order valence-electron chi connectivity index (χ4n) is 1.41. The maximum atomic E-state index is 11.6. The highest BCUT2D eigenvalue weighted by atomic mass is 32.1. The number of aryl methyl sites for hydroxylation is 1. The molecule has 86 valence electrons. The summed E-state index contributed by atoms with van der Waals surface area (Å²) in [7, 11) is 0. The second-order valence-corrected chi connectivity index (χ2v) is 4.96. The van der Waals surface area contributed by atoms with Crippen molar-refractivity contribution < 1.29 is 4.79 Å². The highest BCUT2D eigenvalue weighted by Crippen LogP contribution is 2.16. The standard InChI is InChI=1S/C14H13NOS/c1-11-7-8-13(17-11)9-10-14(16)15-12-5-3-2-4-6-12/h2-10H,1H3,(H,15,16)/b10-9+. The number of rotatable bonds is 3. The third-order valence-electron chi connectivity index (χ3n) is 2.20. The number of carbonyl (C=O) groups excluding carboxylic acids is 1. The number of hydrogen-bond donors (Lipinski definition) is 1. The minimum Gasteiger partial charge on any atom is -0.323 e. The van der Waals surface area contributed by atoms with Crippen molar-refractivity contribution in [1.82, 2.24) is 0 Å². The Morgan fingerprint density at radius 3 is 2.59 bits per heavy atom. The first-order valence-electron chi connectivity index (χ1n) is 5.34. The van der Waals surface area contributed by atoms with Crippen molar-refractivity contribution in [2.24, 2.45) is 0 Å². The number of hydrogen-bond acceptors (Lipinski definition) is 2. The van der Waals surface area contributed by atoms with E-state index in [1.165, 1.54) is 4.88 Å². The summed E-state index contributed by atoms with van der Waals surface area (Å²) in [6, 6.07) is 13.5. The van der Waals surface area contributed by atoms with Gasteiger partial charge in [0.2, 0.25) is 5.91 Å². The molecule has 2 aromatic rings. The van der Waals surface area contributed by atoms with Gasteiger partial charge in [0.25, 0.3) is 0 Å². The summed E-state index contributed by atoms with van der Waals surface area (Å²) in [5, 5.41) is 2.80. The van der Waals surface area contributed by atoms with Crippen LogP contribution in [0.4, 0.5) is 5.69 Å². The fraction of sp³-hybridized carbons (Fsp3) is 0.0714. The summed E-state index contributed by atoms with van der Waals surface area (Å²) in [5.41, 5.74) is 0.810.